The number of nitrogens with one attached hydrogen (secondary N) is 2. The number of thiophene rings is 1. The lowest BCUT2D eigenvalue weighted by Crippen LogP contribution is -2.34. The molecule has 0 amide bonds. The third-order valence-corrected chi connectivity index (χ3v) is 7.91. The van der Waals surface area contributed by atoms with E-state index in [1.54, 1.807) is 17.8 Å². The van der Waals surface area contributed by atoms with Crippen LogP contribution in [0.4, 0.5) is 0 Å². The topological polar surface area (TPSA) is 58.2 Å². The first-order valence-corrected chi connectivity index (χ1v) is 10.9. The van der Waals surface area contributed by atoms with Gasteiger partial charge in [0.2, 0.25) is 10.0 Å². The highest BCUT2D eigenvalue weighted by atomic mass is 79.9. The standard InChI is InChI=1S/C12H19BrN2O2S3/c1-2-4-14-7-10-6-11(12(13)19-10)20(16,17)15-9-3-5-18-8-9/h6,9,14-15H,2-5,7-8H2,1H3. The molecule has 2 N–H and O–H groups in total. The molecule has 1 aromatic heterocycles. The molecular weight excluding hydrogens is 380 g/mol. The molecule has 0 saturated carbocycles. The Bertz CT molecular complexity index is 539. The molecule has 1 aromatic rings. The largest absolute Gasteiger partial charge is 0.312 e. The molecule has 114 valence electrons. The third kappa shape index (κ3) is 4.45. The first-order chi connectivity index (χ1) is 9.53. The minimum Gasteiger partial charge on any atom is -0.312 e. The zero-order chi connectivity index (χ0) is 14.6. The van der Waals surface area contributed by atoms with Crippen molar-refractivity contribution in [2.75, 3.05) is 18.1 Å². The predicted octanol–water partition coefficient (Wildman–Crippen LogP) is 2.79. The van der Waals surface area contributed by atoms with Gasteiger partial charge in [-0.1, -0.05) is 6.92 Å². The van der Waals surface area contributed by atoms with Crippen LogP contribution >= 0.6 is 39.0 Å². The highest BCUT2D eigenvalue weighted by molar-refractivity contribution is 9.11. The molecule has 1 atom stereocenters. The number of thioether (sulfide) groups is 1. The van der Waals surface area contributed by atoms with Gasteiger partial charge in [0.15, 0.2) is 0 Å². The van der Waals surface area contributed by atoms with Crippen molar-refractivity contribution in [1.82, 2.24) is 10.0 Å². The predicted molar refractivity (Wildman–Crippen MR) is 90.1 cm³/mol. The van der Waals surface area contributed by atoms with Gasteiger partial charge in [-0.3, -0.25) is 0 Å². The summed E-state index contributed by atoms with van der Waals surface area (Å²) in [7, 11) is -3.41. The van der Waals surface area contributed by atoms with Crippen LogP contribution in [0.5, 0.6) is 0 Å². The molecule has 2 heterocycles. The van der Waals surface area contributed by atoms with Gasteiger partial charge in [-0.05, 0) is 47.1 Å². The van der Waals surface area contributed by atoms with Gasteiger partial charge in [-0.25, -0.2) is 13.1 Å². The van der Waals surface area contributed by atoms with Crippen molar-refractivity contribution in [1.29, 1.82) is 0 Å². The Morgan fingerprint density at radius 3 is 2.95 bits per heavy atom. The van der Waals surface area contributed by atoms with E-state index in [4.69, 9.17) is 0 Å². The lowest BCUT2D eigenvalue weighted by molar-refractivity contribution is 0.563. The van der Waals surface area contributed by atoms with Crippen LogP contribution in [-0.2, 0) is 16.6 Å². The Hall–Kier alpha value is 0.400. The minimum absolute atomic E-state index is 0.0680. The van der Waals surface area contributed by atoms with E-state index in [0.717, 1.165) is 35.8 Å². The molecule has 1 unspecified atom stereocenters. The SMILES string of the molecule is CCCNCc1cc(S(=O)(=O)NC2CCSC2)c(Br)s1. The summed E-state index contributed by atoms with van der Waals surface area (Å²) >= 11 is 6.65. The lowest BCUT2D eigenvalue weighted by Gasteiger charge is -2.11. The number of sulfonamides is 1. The molecule has 20 heavy (non-hydrogen) atoms. The van der Waals surface area contributed by atoms with Gasteiger partial charge in [0.05, 0.1) is 3.79 Å². The summed E-state index contributed by atoms with van der Waals surface area (Å²) in [6.45, 7) is 3.76. The van der Waals surface area contributed by atoms with Crippen LogP contribution in [0.1, 0.15) is 24.6 Å². The fourth-order valence-corrected chi connectivity index (χ4v) is 7.15. The van der Waals surface area contributed by atoms with Crippen molar-refractivity contribution in [3.8, 4) is 0 Å². The number of hydrogen-bond donors (Lipinski definition) is 2. The van der Waals surface area contributed by atoms with Crippen LogP contribution in [0.15, 0.2) is 14.7 Å². The second kappa shape index (κ2) is 7.60. The summed E-state index contributed by atoms with van der Waals surface area (Å²) in [4.78, 5) is 1.40. The van der Waals surface area contributed by atoms with E-state index in [9.17, 15) is 8.42 Å². The summed E-state index contributed by atoms with van der Waals surface area (Å²) < 4.78 is 28.3. The van der Waals surface area contributed by atoms with Gasteiger partial charge in [0.25, 0.3) is 0 Å². The Kier molecular flexibility index (Phi) is 6.37. The van der Waals surface area contributed by atoms with Crippen molar-refractivity contribution in [3.63, 3.8) is 0 Å². The molecule has 0 aromatic carbocycles. The first kappa shape index (κ1) is 16.8. The van der Waals surface area contributed by atoms with E-state index in [1.807, 2.05) is 0 Å². The Labute approximate surface area is 137 Å². The molecule has 1 saturated heterocycles. The molecule has 2 rings (SSSR count). The van der Waals surface area contributed by atoms with Crippen molar-refractivity contribution in [2.45, 2.75) is 37.2 Å². The number of rotatable bonds is 7. The van der Waals surface area contributed by atoms with Crippen LogP contribution in [0, 0.1) is 0 Å². The number of halogens is 1. The molecular formula is C12H19BrN2O2S3. The fourth-order valence-electron chi connectivity index (χ4n) is 1.97. The van der Waals surface area contributed by atoms with Gasteiger partial charge in [-0.15, -0.1) is 11.3 Å². The molecule has 4 nitrogen and oxygen atoms in total. The van der Waals surface area contributed by atoms with Crippen molar-refractivity contribution in [2.24, 2.45) is 0 Å². The van der Waals surface area contributed by atoms with Gasteiger partial charge < -0.3 is 5.32 Å². The van der Waals surface area contributed by atoms with E-state index < -0.39 is 10.0 Å². The van der Waals surface area contributed by atoms with Crippen LogP contribution in [-0.4, -0.2) is 32.5 Å². The first-order valence-electron chi connectivity index (χ1n) is 6.62. The van der Waals surface area contributed by atoms with Crippen molar-refractivity contribution < 1.29 is 8.42 Å². The summed E-state index contributed by atoms with van der Waals surface area (Å²) in [6, 6.07) is 1.83. The van der Waals surface area contributed by atoms with E-state index in [-0.39, 0.29) is 6.04 Å². The smallest absolute Gasteiger partial charge is 0.242 e. The molecule has 0 bridgehead atoms. The molecule has 0 radical (unpaired) electrons. The third-order valence-electron chi connectivity index (χ3n) is 2.97. The molecule has 0 spiro atoms. The summed E-state index contributed by atoms with van der Waals surface area (Å²) in [6.07, 6.45) is 1.98. The fraction of sp³-hybridized carbons (Fsp3) is 0.667. The maximum atomic E-state index is 12.4. The molecule has 1 aliphatic heterocycles. The zero-order valence-electron chi connectivity index (χ0n) is 11.3. The van der Waals surface area contributed by atoms with E-state index >= 15 is 0 Å². The Morgan fingerprint density at radius 2 is 2.30 bits per heavy atom. The van der Waals surface area contributed by atoms with Crippen molar-refractivity contribution >= 4 is 49.1 Å². The minimum atomic E-state index is -3.41. The average Bonchev–Trinajstić information content (AvgIpc) is 2.99. The van der Waals surface area contributed by atoms with E-state index in [1.165, 1.54) is 11.3 Å². The highest BCUT2D eigenvalue weighted by Gasteiger charge is 2.26. The molecule has 1 aliphatic rings. The van der Waals surface area contributed by atoms with Gasteiger partial charge in [0.1, 0.15) is 4.90 Å². The van der Waals surface area contributed by atoms with Crippen LogP contribution in [0.3, 0.4) is 0 Å². The summed E-state index contributed by atoms with van der Waals surface area (Å²) in [5, 5.41) is 3.29. The molecule has 0 aliphatic carbocycles. The molecule has 8 heteroatoms. The quantitative estimate of drug-likeness (QED) is 0.693. The number of hydrogen-bond acceptors (Lipinski definition) is 5. The maximum absolute atomic E-state index is 12.4. The van der Waals surface area contributed by atoms with Crippen molar-refractivity contribution in [3.05, 3.63) is 14.7 Å². The maximum Gasteiger partial charge on any atom is 0.242 e. The zero-order valence-corrected chi connectivity index (χ0v) is 15.4. The summed E-state index contributed by atoms with van der Waals surface area (Å²) in [5.74, 6) is 1.90. The van der Waals surface area contributed by atoms with Gasteiger partial charge >= 0.3 is 0 Å². The Balaban J connectivity index is 2.06. The van der Waals surface area contributed by atoms with E-state index in [2.05, 4.69) is 32.9 Å². The highest BCUT2D eigenvalue weighted by Crippen LogP contribution is 2.32. The van der Waals surface area contributed by atoms with Crippen LogP contribution < -0.4 is 10.0 Å². The second-order valence-corrected chi connectivity index (χ2v) is 10.00. The summed E-state index contributed by atoms with van der Waals surface area (Å²) in [5.41, 5.74) is 0. The van der Waals surface area contributed by atoms with E-state index in [0.29, 0.717) is 15.2 Å². The van der Waals surface area contributed by atoms with Gasteiger partial charge in [0, 0.05) is 23.2 Å². The lowest BCUT2D eigenvalue weighted by atomic mass is 10.3. The normalized spacial score (nSPS) is 19.6. The monoisotopic (exact) mass is 398 g/mol. The average molecular weight is 399 g/mol. The Morgan fingerprint density at radius 1 is 1.50 bits per heavy atom. The molecule has 1 fully saturated rings. The van der Waals surface area contributed by atoms with Gasteiger partial charge in [-0.2, -0.15) is 11.8 Å². The van der Waals surface area contributed by atoms with Crippen LogP contribution in [0.25, 0.3) is 0 Å². The second-order valence-electron chi connectivity index (χ2n) is 4.71. The van der Waals surface area contributed by atoms with Crippen LogP contribution in [0.2, 0.25) is 0 Å².